The van der Waals surface area contributed by atoms with E-state index in [0.29, 0.717) is 38.5 Å². The van der Waals surface area contributed by atoms with Gasteiger partial charge in [0.05, 0.1) is 32.5 Å². The van der Waals surface area contributed by atoms with Gasteiger partial charge in [0.25, 0.3) is 0 Å². The van der Waals surface area contributed by atoms with Crippen molar-refractivity contribution in [2.75, 3.05) is 79.0 Å². The van der Waals surface area contributed by atoms with Crippen molar-refractivity contribution in [2.45, 2.75) is 195 Å². The van der Waals surface area contributed by atoms with E-state index in [1.807, 2.05) is 6.07 Å². The Morgan fingerprint density at radius 3 is 1.53 bits per heavy atom. The summed E-state index contributed by atoms with van der Waals surface area (Å²) in [6, 6.07) is 7.16. The Morgan fingerprint density at radius 1 is 0.511 bits per heavy atom. The van der Waals surface area contributed by atoms with Crippen LogP contribution in [0, 0.1) is 0 Å². The minimum absolute atomic E-state index is 0.00190. The second-order valence-corrected chi connectivity index (χ2v) is 21.4. The molecule has 7 N–H and O–H groups in total. The van der Waals surface area contributed by atoms with Gasteiger partial charge < -0.3 is 98.8 Å². The van der Waals surface area contributed by atoms with Gasteiger partial charge >= 0.3 is 41.9 Å². The second kappa shape index (κ2) is 47.7. The van der Waals surface area contributed by atoms with Crippen molar-refractivity contribution < 1.29 is 124 Å². The number of nitrogens with one attached hydrogen (secondary N) is 7. The van der Waals surface area contributed by atoms with E-state index in [-0.39, 0.29) is 135 Å². The number of hydrogen-bond acceptors (Lipinski definition) is 26. The van der Waals surface area contributed by atoms with Gasteiger partial charge in [-0.2, -0.15) is 0 Å². The summed E-state index contributed by atoms with van der Waals surface area (Å²) in [5.41, 5.74) is 0.761. The number of esters is 6. The molecule has 7 amide bonds. The van der Waals surface area contributed by atoms with Crippen LogP contribution >= 0.6 is 0 Å². The number of rotatable bonds is 47. The van der Waals surface area contributed by atoms with E-state index in [1.165, 1.54) is 41.5 Å². The molecule has 33 heteroatoms. The molecule has 1 aliphatic rings. The van der Waals surface area contributed by atoms with E-state index < -0.39 is 115 Å². The summed E-state index contributed by atoms with van der Waals surface area (Å²) < 4.78 is 71.9. The highest BCUT2D eigenvalue weighted by Gasteiger charge is 2.51. The van der Waals surface area contributed by atoms with E-state index in [1.54, 1.807) is 24.3 Å². The van der Waals surface area contributed by atoms with Gasteiger partial charge in [-0.3, -0.25) is 57.5 Å². The van der Waals surface area contributed by atoms with E-state index >= 15 is 0 Å². The average molecular weight is 1340 g/mol. The molecule has 0 radical (unpaired) electrons. The average Bonchev–Trinajstić information content (AvgIpc) is 0.792. The molecule has 0 aliphatic carbocycles. The monoisotopic (exact) mass is 1340 g/mol. The highest BCUT2D eigenvalue weighted by atomic mass is 16.7. The normalized spacial score (nSPS) is 17.3. The smallest absolute Gasteiger partial charge is 0.407 e. The molecule has 0 spiro atoms. The summed E-state index contributed by atoms with van der Waals surface area (Å²) in [7, 11) is 0. The number of ether oxygens (including phenoxy) is 13. The SMILES string of the molecule is CC(=O)NC(OC(C)=O)C(OCCCCC(=O)NCCCNC(=O)CCOCC(COCCC(=O)NCCCNC(=O)CCCCOC1OC(COC(C)=O)C(OC(C)=O)C(OC(C)=O)C1NC(C)=O)NC(=O)OCc1ccccc1)OC(COC(C)=O)C(C)OC(C)=O. The van der Waals surface area contributed by atoms with Crippen LogP contribution in [-0.2, 0) is 126 Å². The lowest BCUT2D eigenvalue weighted by atomic mass is 9.96. The molecule has 10 atom stereocenters. The first-order valence-corrected chi connectivity index (χ1v) is 31.0. The lowest BCUT2D eigenvalue weighted by Gasteiger charge is -2.44. The predicted octanol–water partition coefficient (Wildman–Crippen LogP) is 0.621. The molecule has 1 heterocycles. The Balaban J connectivity index is 1.74. The molecule has 530 valence electrons. The zero-order valence-electron chi connectivity index (χ0n) is 55.0. The third kappa shape index (κ3) is 39.4. The van der Waals surface area contributed by atoms with E-state index in [0.717, 1.165) is 26.3 Å². The number of benzene rings is 1. The molecular weight excluding hydrogens is 1250 g/mol. The first-order chi connectivity index (χ1) is 44.7. The second-order valence-electron chi connectivity index (χ2n) is 21.4. The van der Waals surface area contributed by atoms with Crippen LogP contribution in [0.25, 0.3) is 0 Å². The maximum Gasteiger partial charge on any atom is 0.407 e. The summed E-state index contributed by atoms with van der Waals surface area (Å²) in [6.45, 7) is 10.9. The molecule has 1 aliphatic heterocycles. The maximum atomic E-state index is 12.8. The Morgan fingerprint density at radius 2 is 1.03 bits per heavy atom. The van der Waals surface area contributed by atoms with Crippen molar-refractivity contribution in [3.05, 3.63) is 35.9 Å². The first kappa shape index (κ1) is 82.0. The van der Waals surface area contributed by atoms with Gasteiger partial charge in [0.1, 0.15) is 44.2 Å². The number of hydrogen-bond donors (Lipinski definition) is 7. The number of unbranched alkanes of at least 4 members (excludes halogenated alkanes) is 2. The summed E-state index contributed by atoms with van der Waals surface area (Å²) in [6.07, 6.45) is -8.13. The Bertz CT molecular complexity index is 2530. The molecule has 1 aromatic rings. The predicted molar refractivity (Wildman–Crippen MR) is 325 cm³/mol. The minimum atomic E-state index is -1.45. The fourth-order valence-corrected chi connectivity index (χ4v) is 8.62. The largest absolute Gasteiger partial charge is 0.463 e. The highest BCUT2D eigenvalue weighted by Crippen LogP contribution is 2.28. The maximum absolute atomic E-state index is 12.8. The van der Waals surface area contributed by atoms with Crippen molar-refractivity contribution in [3.8, 4) is 0 Å². The van der Waals surface area contributed by atoms with Crippen LogP contribution in [0.4, 0.5) is 4.79 Å². The molecule has 1 aromatic carbocycles. The fourth-order valence-electron chi connectivity index (χ4n) is 8.62. The van der Waals surface area contributed by atoms with Gasteiger partial charge in [0.15, 0.2) is 18.5 Å². The molecule has 0 bridgehead atoms. The van der Waals surface area contributed by atoms with E-state index in [9.17, 15) is 62.3 Å². The van der Waals surface area contributed by atoms with Crippen LogP contribution in [0.1, 0.15) is 132 Å². The molecule has 94 heavy (non-hydrogen) atoms. The zero-order chi connectivity index (χ0) is 69.8. The summed E-state index contributed by atoms with van der Waals surface area (Å²) >= 11 is 0. The Labute approximate surface area is 546 Å². The minimum Gasteiger partial charge on any atom is -0.463 e. The summed E-state index contributed by atoms with van der Waals surface area (Å²) in [5, 5.41) is 18.8. The van der Waals surface area contributed by atoms with Crippen LogP contribution in [-0.4, -0.2) is 218 Å². The van der Waals surface area contributed by atoms with Crippen LogP contribution in [0.3, 0.4) is 0 Å². The van der Waals surface area contributed by atoms with Crippen LogP contribution in [0.2, 0.25) is 0 Å². The molecule has 10 unspecified atom stereocenters. The van der Waals surface area contributed by atoms with Crippen molar-refractivity contribution in [1.29, 1.82) is 0 Å². The number of amides is 7. The van der Waals surface area contributed by atoms with Crippen molar-refractivity contribution in [3.63, 3.8) is 0 Å². The lowest BCUT2D eigenvalue weighted by Crippen LogP contribution is -2.66. The third-order valence-corrected chi connectivity index (χ3v) is 12.9. The topological polar surface area (TPSA) is 426 Å². The molecule has 0 aromatic heterocycles. The molecule has 0 saturated carbocycles. The Hall–Kier alpha value is -8.11. The third-order valence-electron chi connectivity index (χ3n) is 12.9. The Kier molecular flexibility index (Phi) is 41.6. The summed E-state index contributed by atoms with van der Waals surface area (Å²) in [5.74, 6) is -6.46. The van der Waals surface area contributed by atoms with Gasteiger partial charge in [-0.25, -0.2) is 4.79 Å². The van der Waals surface area contributed by atoms with E-state index in [4.69, 9.17) is 61.6 Å². The zero-order valence-corrected chi connectivity index (χ0v) is 55.0. The summed E-state index contributed by atoms with van der Waals surface area (Å²) in [4.78, 5) is 158. The number of carbonyl (C=O) groups is 13. The molecule has 1 fully saturated rings. The van der Waals surface area contributed by atoms with Gasteiger partial charge in [0, 0.05) is 120 Å². The lowest BCUT2D eigenvalue weighted by molar-refractivity contribution is -0.277. The molecular formula is C61H95N7O26. The molecule has 1 saturated heterocycles. The van der Waals surface area contributed by atoms with Crippen LogP contribution in [0.5, 0.6) is 0 Å². The van der Waals surface area contributed by atoms with Gasteiger partial charge in [-0.1, -0.05) is 30.3 Å². The molecule has 33 nitrogen and oxygen atoms in total. The molecule has 2 rings (SSSR count). The number of alkyl carbamates (subject to hydrolysis) is 1. The number of carbonyl (C=O) groups excluding carboxylic acids is 13. The van der Waals surface area contributed by atoms with Crippen LogP contribution in [0.15, 0.2) is 30.3 Å². The van der Waals surface area contributed by atoms with Gasteiger partial charge in [0.2, 0.25) is 48.0 Å². The standard InChI is InChI=1S/C61H95N7O26/c1-38(89-43(6)73)49(36-86-41(4)71)93-60(58(67-40(3)70)92-46(9)76)85-30-16-14-22-52(78)63-26-18-28-65-54(80)24-32-83-35-48(68-61(81)88-33-47-19-11-10-12-20-47)34-82-31-23-53(79)64-27-17-25-62-51(77)21-13-15-29-84-59-55(66-39(2)69)57(91-45(8)75)56(90-44(7)74)50(94-59)37-87-42(5)72/h10-12,19-20,38,48-50,55-60H,13-18,21-37H2,1-9H3,(H,62,77)(H,63,78)(H,64,79)(H,65,80)(H,66,69)(H,67,70)(H,68,81). The van der Waals surface area contributed by atoms with Crippen molar-refractivity contribution >= 4 is 77.4 Å². The van der Waals surface area contributed by atoms with Gasteiger partial charge in [-0.15, -0.1) is 0 Å². The van der Waals surface area contributed by atoms with Crippen molar-refractivity contribution in [2.24, 2.45) is 0 Å². The van der Waals surface area contributed by atoms with E-state index in [2.05, 4.69) is 37.2 Å². The fraction of sp³-hybridized carbons (Fsp3) is 0.689. The quantitative estimate of drug-likeness (QED) is 0.0204. The van der Waals surface area contributed by atoms with Crippen LogP contribution < -0.4 is 37.2 Å². The first-order valence-electron chi connectivity index (χ1n) is 31.0. The highest BCUT2D eigenvalue weighted by molar-refractivity contribution is 5.78. The van der Waals surface area contributed by atoms with Gasteiger partial charge in [-0.05, 0) is 51.0 Å². The van der Waals surface area contributed by atoms with Crippen molar-refractivity contribution in [1.82, 2.24) is 37.2 Å².